The maximum Gasteiger partial charge on any atom is 0.285 e. The van der Waals surface area contributed by atoms with E-state index < -0.39 is 0 Å². The number of unbranched alkanes of at least 4 members (excludes halogenated alkanes) is 2. The zero-order valence-corrected chi connectivity index (χ0v) is 18.1. The molecule has 2 aromatic carbocycles. The number of hydrogen-bond acceptors (Lipinski definition) is 3. The van der Waals surface area contributed by atoms with Crippen molar-refractivity contribution < 1.29 is 9.21 Å². The van der Waals surface area contributed by atoms with Crippen molar-refractivity contribution in [2.24, 2.45) is 0 Å². The van der Waals surface area contributed by atoms with Crippen LogP contribution >= 0.6 is 11.8 Å². The van der Waals surface area contributed by atoms with E-state index in [-0.39, 0.29) is 5.24 Å². The molecule has 0 aliphatic heterocycles. The summed E-state index contributed by atoms with van der Waals surface area (Å²) in [6.45, 7) is 4.43. The highest BCUT2D eigenvalue weighted by Crippen LogP contribution is 2.33. The molecule has 1 heterocycles. The summed E-state index contributed by atoms with van der Waals surface area (Å²) in [6, 6.07) is 14.8. The number of aryl methyl sites for hydroxylation is 2. The van der Waals surface area contributed by atoms with Crippen molar-refractivity contribution in [1.82, 2.24) is 4.90 Å². The molecule has 1 amide bonds. The van der Waals surface area contributed by atoms with Gasteiger partial charge >= 0.3 is 0 Å². The van der Waals surface area contributed by atoms with Gasteiger partial charge in [0.05, 0.1) is 0 Å². The van der Waals surface area contributed by atoms with E-state index in [4.69, 9.17) is 4.42 Å². The van der Waals surface area contributed by atoms with Crippen LogP contribution in [0.15, 0.2) is 51.8 Å². The molecule has 0 fully saturated rings. The molecule has 28 heavy (non-hydrogen) atoms. The number of hydrogen-bond donors (Lipinski definition) is 0. The summed E-state index contributed by atoms with van der Waals surface area (Å²) < 4.78 is 6.18. The largest absolute Gasteiger partial charge is 0.456 e. The second-order valence-corrected chi connectivity index (χ2v) is 8.40. The standard InChI is InChI=1S/C24H29NO2S/c1-5-7-8-9-17-10-13-21(18(6-2)14-17)23-15-19-11-12-20(16-22(19)27-23)28-24(26)25(3)4/h10-16H,5-9H2,1-4H3. The molecule has 3 rings (SSSR count). The van der Waals surface area contributed by atoms with Crippen LogP contribution < -0.4 is 0 Å². The van der Waals surface area contributed by atoms with E-state index in [2.05, 4.69) is 38.1 Å². The van der Waals surface area contributed by atoms with Gasteiger partial charge in [0.1, 0.15) is 11.3 Å². The second-order valence-electron chi connectivity index (χ2n) is 7.37. The maximum atomic E-state index is 11.9. The van der Waals surface area contributed by atoms with Crippen LogP contribution in [0.1, 0.15) is 44.2 Å². The number of amides is 1. The van der Waals surface area contributed by atoms with E-state index in [1.165, 1.54) is 42.2 Å². The first-order valence-electron chi connectivity index (χ1n) is 10.1. The van der Waals surface area contributed by atoms with E-state index in [0.29, 0.717) is 0 Å². The Hall–Kier alpha value is -2.20. The van der Waals surface area contributed by atoms with Gasteiger partial charge in [-0.15, -0.1) is 0 Å². The first-order chi connectivity index (χ1) is 13.5. The third-order valence-electron chi connectivity index (χ3n) is 4.95. The van der Waals surface area contributed by atoms with Crippen LogP contribution in [0.3, 0.4) is 0 Å². The van der Waals surface area contributed by atoms with Gasteiger partial charge in [0.25, 0.3) is 5.24 Å². The molecule has 0 saturated carbocycles. The number of thioether (sulfide) groups is 1. The minimum absolute atomic E-state index is 0.0121. The van der Waals surface area contributed by atoms with Crippen LogP contribution in [0.2, 0.25) is 0 Å². The fraction of sp³-hybridized carbons (Fsp3) is 0.375. The van der Waals surface area contributed by atoms with Crippen molar-refractivity contribution in [2.75, 3.05) is 14.1 Å². The van der Waals surface area contributed by atoms with Gasteiger partial charge in [-0.05, 0) is 66.4 Å². The molecule has 0 spiro atoms. The predicted molar refractivity (Wildman–Crippen MR) is 119 cm³/mol. The number of nitrogens with zero attached hydrogens (tertiary/aromatic N) is 1. The van der Waals surface area contributed by atoms with Crippen molar-refractivity contribution in [2.45, 2.75) is 50.8 Å². The number of carbonyl (C=O) groups excluding carboxylic acids is 1. The number of furan rings is 1. The van der Waals surface area contributed by atoms with Crippen LogP contribution in [0, 0.1) is 0 Å². The quantitative estimate of drug-likeness (QED) is 0.314. The molecule has 0 atom stereocenters. The fourth-order valence-corrected chi connectivity index (χ4v) is 4.00. The normalized spacial score (nSPS) is 11.1. The molecular weight excluding hydrogens is 366 g/mol. The van der Waals surface area contributed by atoms with Crippen LogP contribution in [-0.4, -0.2) is 24.2 Å². The summed E-state index contributed by atoms with van der Waals surface area (Å²) in [5.41, 5.74) is 4.72. The average molecular weight is 396 g/mol. The minimum Gasteiger partial charge on any atom is -0.456 e. The molecular formula is C24H29NO2S. The van der Waals surface area contributed by atoms with Crippen molar-refractivity contribution in [3.05, 3.63) is 53.6 Å². The van der Waals surface area contributed by atoms with E-state index >= 15 is 0 Å². The second kappa shape index (κ2) is 9.33. The highest BCUT2D eigenvalue weighted by Gasteiger charge is 2.13. The van der Waals surface area contributed by atoms with Gasteiger partial charge in [0, 0.05) is 29.9 Å². The van der Waals surface area contributed by atoms with Crippen molar-refractivity contribution >= 4 is 28.0 Å². The third-order valence-corrected chi connectivity index (χ3v) is 5.98. The average Bonchev–Trinajstić information content (AvgIpc) is 3.11. The molecule has 0 radical (unpaired) electrons. The summed E-state index contributed by atoms with van der Waals surface area (Å²) in [5.74, 6) is 0.896. The Morgan fingerprint density at radius 1 is 1.04 bits per heavy atom. The molecule has 0 unspecified atom stereocenters. The zero-order valence-electron chi connectivity index (χ0n) is 17.2. The van der Waals surface area contributed by atoms with E-state index in [0.717, 1.165) is 40.0 Å². The van der Waals surface area contributed by atoms with Crippen LogP contribution in [0.25, 0.3) is 22.3 Å². The summed E-state index contributed by atoms with van der Waals surface area (Å²) in [7, 11) is 3.52. The highest BCUT2D eigenvalue weighted by molar-refractivity contribution is 8.13. The SMILES string of the molecule is CCCCCc1ccc(-c2cc3ccc(SC(=O)N(C)C)cc3o2)c(CC)c1. The Balaban J connectivity index is 1.87. The Morgan fingerprint density at radius 3 is 2.57 bits per heavy atom. The van der Waals surface area contributed by atoms with Crippen LogP contribution in [0.5, 0.6) is 0 Å². The van der Waals surface area contributed by atoms with Gasteiger partial charge < -0.3 is 9.32 Å². The Labute approximate surface area is 172 Å². The molecule has 0 bridgehead atoms. The molecule has 3 aromatic rings. The van der Waals surface area contributed by atoms with E-state index in [9.17, 15) is 4.79 Å². The Morgan fingerprint density at radius 2 is 1.86 bits per heavy atom. The molecule has 0 N–H and O–H groups in total. The monoisotopic (exact) mass is 395 g/mol. The minimum atomic E-state index is 0.0121. The van der Waals surface area contributed by atoms with Crippen molar-refractivity contribution in [1.29, 1.82) is 0 Å². The van der Waals surface area contributed by atoms with Gasteiger partial charge in [-0.2, -0.15) is 0 Å². The van der Waals surface area contributed by atoms with Crippen LogP contribution in [0.4, 0.5) is 4.79 Å². The smallest absolute Gasteiger partial charge is 0.285 e. The lowest BCUT2D eigenvalue weighted by molar-refractivity contribution is 0.241. The topological polar surface area (TPSA) is 33.5 Å². The first-order valence-corrected chi connectivity index (χ1v) is 10.9. The van der Waals surface area contributed by atoms with E-state index in [1.54, 1.807) is 19.0 Å². The molecule has 0 aliphatic carbocycles. The molecule has 3 nitrogen and oxygen atoms in total. The Bertz CT molecular complexity index is 958. The lowest BCUT2D eigenvalue weighted by Crippen LogP contribution is -2.15. The zero-order chi connectivity index (χ0) is 20.1. The Kier molecular flexibility index (Phi) is 6.84. The van der Waals surface area contributed by atoms with Crippen LogP contribution in [-0.2, 0) is 12.8 Å². The van der Waals surface area contributed by atoms with Gasteiger partial charge in [-0.3, -0.25) is 4.79 Å². The number of carbonyl (C=O) groups is 1. The number of fused-ring (bicyclic) bond motifs is 1. The molecule has 4 heteroatoms. The lowest BCUT2D eigenvalue weighted by Gasteiger charge is -2.09. The fourth-order valence-electron chi connectivity index (χ4n) is 3.31. The summed E-state index contributed by atoms with van der Waals surface area (Å²) in [5, 5.41) is 1.07. The number of rotatable bonds is 7. The highest BCUT2D eigenvalue weighted by atomic mass is 32.2. The lowest BCUT2D eigenvalue weighted by atomic mass is 9.97. The van der Waals surface area contributed by atoms with Gasteiger partial charge in [-0.25, -0.2) is 0 Å². The van der Waals surface area contributed by atoms with Gasteiger partial charge in [-0.1, -0.05) is 44.9 Å². The molecule has 0 aliphatic rings. The van der Waals surface area contributed by atoms with Gasteiger partial charge in [0.15, 0.2) is 0 Å². The van der Waals surface area contributed by atoms with Crippen molar-refractivity contribution in [3.8, 4) is 11.3 Å². The predicted octanol–water partition coefficient (Wildman–Crippen LogP) is 7.17. The molecule has 148 valence electrons. The van der Waals surface area contributed by atoms with E-state index in [1.807, 2.05) is 18.2 Å². The maximum absolute atomic E-state index is 11.9. The molecule has 1 aromatic heterocycles. The first kappa shape index (κ1) is 20.5. The summed E-state index contributed by atoms with van der Waals surface area (Å²) >= 11 is 1.22. The summed E-state index contributed by atoms with van der Waals surface area (Å²) in [6.07, 6.45) is 5.89. The number of benzene rings is 2. The molecule has 0 saturated heterocycles. The summed E-state index contributed by atoms with van der Waals surface area (Å²) in [4.78, 5) is 14.4. The third kappa shape index (κ3) is 4.79. The van der Waals surface area contributed by atoms with Gasteiger partial charge in [0.2, 0.25) is 0 Å². The van der Waals surface area contributed by atoms with Crippen molar-refractivity contribution in [3.63, 3.8) is 0 Å².